The molecular formula is C51H44B14N4O2. The minimum atomic E-state index is 0.613. The van der Waals surface area contributed by atoms with E-state index in [1.807, 2.05) is 12.1 Å². The highest BCUT2D eigenvalue weighted by Gasteiger charge is 2.27. The highest BCUT2D eigenvalue weighted by molar-refractivity contribution is 6.71. The van der Waals surface area contributed by atoms with E-state index in [9.17, 15) is 0 Å². The molecule has 0 aliphatic rings. The van der Waals surface area contributed by atoms with Crippen LogP contribution in [0.15, 0.2) is 106 Å². The van der Waals surface area contributed by atoms with Crippen LogP contribution in [0, 0.1) is 0 Å². The number of aromatic nitrogens is 4. The molecule has 0 radical (unpaired) electrons. The summed E-state index contributed by atoms with van der Waals surface area (Å²) in [5, 5.41) is 6.44. The zero-order valence-electron chi connectivity index (χ0n) is 43.3. The van der Waals surface area contributed by atoms with Crippen LogP contribution >= 0.6 is 0 Å². The van der Waals surface area contributed by atoms with Gasteiger partial charge in [-0.2, -0.15) is 0 Å². The first-order chi connectivity index (χ1) is 34.1. The van der Waals surface area contributed by atoms with Gasteiger partial charge in [-0.05, 0) is 53.6 Å². The molecule has 4 aromatic heterocycles. The number of furan rings is 2. The van der Waals surface area contributed by atoms with Crippen molar-refractivity contribution in [3.05, 3.63) is 97.1 Å². The zero-order chi connectivity index (χ0) is 49.6. The summed E-state index contributed by atoms with van der Waals surface area (Å²) < 4.78 is 15.8. The molecule has 0 saturated carbocycles. The van der Waals surface area contributed by atoms with E-state index in [-0.39, 0.29) is 0 Å². The van der Waals surface area contributed by atoms with Crippen molar-refractivity contribution in [1.29, 1.82) is 0 Å². The summed E-state index contributed by atoms with van der Waals surface area (Å²) in [4.78, 5) is 16.6. The van der Waals surface area contributed by atoms with Crippen molar-refractivity contribution < 1.29 is 8.83 Å². The van der Waals surface area contributed by atoms with Gasteiger partial charge in [0.15, 0.2) is 17.5 Å². The van der Waals surface area contributed by atoms with Crippen molar-refractivity contribution in [2.24, 2.45) is 0 Å². The molecule has 0 aliphatic carbocycles. The third kappa shape index (κ3) is 6.45. The first kappa shape index (κ1) is 45.2. The van der Waals surface area contributed by atoms with Gasteiger partial charge in [0.25, 0.3) is 0 Å². The molecule has 6 nitrogen and oxygen atoms in total. The Kier molecular flexibility index (Phi) is 10.4. The Morgan fingerprint density at radius 2 is 0.817 bits per heavy atom. The minimum absolute atomic E-state index is 0.613. The molecule has 0 amide bonds. The van der Waals surface area contributed by atoms with Crippen LogP contribution in [0.2, 0.25) is 0 Å². The van der Waals surface area contributed by atoms with Crippen molar-refractivity contribution in [2.75, 3.05) is 0 Å². The summed E-state index contributed by atoms with van der Waals surface area (Å²) in [6.07, 6.45) is 0. The van der Waals surface area contributed by atoms with Gasteiger partial charge in [-0.3, -0.25) is 0 Å². The first-order valence-corrected chi connectivity index (χ1v) is 24.9. The molecule has 0 aliphatic heterocycles. The topological polar surface area (TPSA) is 69.9 Å². The number of benzene rings is 8. The number of nitrogens with zero attached hydrogens (tertiary/aromatic N) is 4. The third-order valence-electron chi connectivity index (χ3n) is 17.1. The molecule has 4 heterocycles. The van der Waals surface area contributed by atoms with E-state index in [0.717, 1.165) is 88.1 Å². The second-order valence-electron chi connectivity index (χ2n) is 20.3. The fraction of sp³-hybridized carbons (Fsp3) is 0. The van der Waals surface area contributed by atoms with E-state index < -0.39 is 0 Å². The maximum absolute atomic E-state index is 6.88. The lowest BCUT2D eigenvalue weighted by molar-refractivity contribution is 0.668. The van der Waals surface area contributed by atoms with E-state index in [4.69, 9.17) is 23.8 Å². The smallest absolute Gasteiger partial charge is 0.164 e. The average molecular weight is 896 g/mol. The van der Waals surface area contributed by atoms with E-state index >= 15 is 0 Å². The number of hydrogen-bond donors (Lipinski definition) is 0. The molecule has 20 heteroatoms. The van der Waals surface area contributed by atoms with Crippen LogP contribution in [0.1, 0.15) is 0 Å². The SMILES string of the molecule is Bc1c(B)c(B)c(-c2nc(-c3c(B)c(B)c(B)c(-c4c(B)c(B)c(B)c(B)c4B)c3B)nc(-c3cccc4oc5cc(-n6c7ccccc7c7c8oc9ccccc9c8ccc76)ccc5c34)n2)c(B)c1B. The lowest BCUT2D eigenvalue weighted by Gasteiger charge is -2.27. The first-order valence-electron chi connectivity index (χ1n) is 24.9. The van der Waals surface area contributed by atoms with Crippen LogP contribution in [-0.2, 0) is 0 Å². The van der Waals surface area contributed by atoms with Gasteiger partial charge >= 0.3 is 0 Å². The molecule has 0 atom stereocenters. The molecule has 0 N–H and O–H groups in total. The Bertz CT molecular complexity index is 4320. The average Bonchev–Trinajstić information content (AvgIpc) is 4.06. The molecule has 0 spiro atoms. The highest BCUT2D eigenvalue weighted by atomic mass is 16.3. The van der Waals surface area contributed by atoms with Crippen molar-refractivity contribution in [3.8, 4) is 51.0 Å². The minimum Gasteiger partial charge on any atom is -0.456 e. The Hall–Kier alpha value is -6.92. The molecule has 71 heavy (non-hydrogen) atoms. The van der Waals surface area contributed by atoms with Gasteiger partial charge in [-0.15, -0.1) is 38.2 Å². The summed E-state index contributed by atoms with van der Waals surface area (Å²) in [5.74, 6) is 1.96. The standard InChI is InChI=1S/C51H44B14N4O2/c52-34-30(31-36(54)42(60)46(64)43(61)37(31)55)35(53)41(59)38(56)32(34)50-66-49(67-51(68-50)33-39(57)44(62)47(65)45(63)40(33)58)22-8-5-11-26-28(22)21-13-12-17(16-27(21)70-26)69-23-9-3-1-7-20(23)29-24(69)15-14-19-18-6-2-4-10-25(18)71-48(19)29/h1-16H,52-65H2. The van der Waals surface area contributed by atoms with E-state index in [0.29, 0.717) is 17.5 Å². The molecule has 12 rings (SSSR count). The number of hydrogen-bond acceptors (Lipinski definition) is 5. The molecule has 0 bridgehead atoms. The van der Waals surface area contributed by atoms with E-state index in [1.54, 1.807) is 0 Å². The second kappa shape index (κ2) is 16.3. The van der Waals surface area contributed by atoms with Crippen molar-refractivity contribution in [3.63, 3.8) is 0 Å². The van der Waals surface area contributed by atoms with Crippen molar-refractivity contribution in [1.82, 2.24) is 19.5 Å². The van der Waals surface area contributed by atoms with Gasteiger partial charge < -0.3 is 13.4 Å². The molecular weight excluding hydrogens is 852 g/mol. The summed E-state index contributed by atoms with van der Waals surface area (Å²) >= 11 is 0. The van der Waals surface area contributed by atoms with Crippen LogP contribution in [0.4, 0.5) is 0 Å². The fourth-order valence-electron chi connectivity index (χ4n) is 12.1. The molecule has 0 fully saturated rings. The predicted molar refractivity (Wildman–Crippen MR) is 345 cm³/mol. The zero-order valence-corrected chi connectivity index (χ0v) is 43.3. The Morgan fingerprint density at radius 1 is 0.324 bits per heavy atom. The van der Waals surface area contributed by atoms with Crippen molar-refractivity contribution >= 4 is 252 Å². The second-order valence-corrected chi connectivity index (χ2v) is 20.3. The summed E-state index contributed by atoms with van der Waals surface area (Å²) in [6, 6.07) is 34.1. The Labute approximate surface area is 426 Å². The van der Waals surface area contributed by atoms with Crippen LogP contribution in [-0.4, -0.2) is 129 Å². The quantitative estimate of drug-likeness (QED) is 0.161. The molecule has 0 unspecified atom stereocenters. The van der Waals surface area contributed by atoms with Gasteiger partial charge in [0.2, 0.25) is 0 Å². The van der Waals surface area contributed by atoms with Crippen LogP contribution in [0.25, 0.3) is 117 Å². The van der Waals surface area contributed by atoms with Crippen molar-refractivity contribution in [2.45, 2.75) is 0 Å². The Morgan fingerprint density at radius 3 is 1.46 bits per heavy atom. The van der Waals surface area contributed by atoms with Gasteiger partial charge in [0, 0.05) is 55.4 Å². The van der Waals surface area contributed by atoms with Gasteiger partial charge in [-0.1, -0.05) is 86.8 Å². The molecule has 12 aromatic rings. The van der Waals surface area contributed by atoms with E-state index in [1.165, 1.54) is 87.6 Å². The van der Waals surface area contributed by atoms with Crippen LogP contribution in [0.5, 0.6) is 0 Å². The Balaban J connectivity index is 1.10. The van der Waals surface area contributed by atoms with Crippen LogP contribution < -0.4 is 76.5 Å². The summed E-state index contributed by atoms with van der Waals surface area (Å²) in [7, 11) is 31.5. The normalized spacial score (nSPS) is 11.9. The van der Waals surface area contributed by atoms with Gasteiger partial charge in [-0.25, -0.2) is 15.0 Å². The maximum atomic E-state index is 6.88. The summed E-state index contributed by atoms with van der Waals surface area (Å²) in [6.45, 7) is 0. The number of rotatable bonds is 5. The molecule has 0 saturated heterocycles. The van der Waals surface area contributed by atoms with Gasteiger partial charge in [0.05, 0.1) is 16.4 Å². The summed E-state index contributed by atoms with van der Waals surface area (Å²) in [5.41, 5.74) is 29.9. The monoisotopic (exact) mass is 898 g/mol. The lowest BCUT2D eigenvalue weighted by atomic mass is 9.56. The largest absolute Gasteiger partial charge is 0.456 e. The lowest BCUT2D eigenvalue weighted by Crippen LogP contribution is -2.57. The predicted octanol–water partition coefficient (Wildman–Crippen LogP) is -10.9. The molecule has 8 aromatic carbocycles. The van der Waals surface area contributed by atoms with E-state index in [2.05, 4.69) is 199 Å². The maximum Gasteiger partial charge on any atom is 0.164 e. The van der Waals surface area contributed by atoms with Crippen LogP contribution in [0.3, 0.4) is 0 Å². The molecule has 322 valence electrons. The highest BCUT2D eigenvalue weighted by Crippen LogP contribution is 2.42. The third-order valence-corrected chi connectivity index (χ3v) is 17.1. The fourth-order valence-corrected chi connectivity index (χ4v) is 12.1. The number of fused-ring (bicyclic) bond motifs is 10. The number of para-hydroxylation sites is 2. The van der Waals surface area contributed by atoms with Gasteiger partial charge in [0.1, 0.15) is 132 Å².